The summed E-state index contributed by atoms with van der Waals surface area (Å²) in [5.41, 5.74) is 1.57. The molecule has 1 saturated carbocycles. The summed E-state index contributed by atoms with van der Waals surface area (Å²) in [6, 6.07) is 7.20. The second-order valence-corrected chi connectivity index (χ2v) is 6.83. The van der Waals surface area contributed by atoms with E-state index in [1.54, 1.807) is 29.9 Å². The third kappa shape index (κ3) is 3.79. The van der Waals surface area contributed by atoms with E-state index in [-0.39, 0.29) is 11.9 Å². The number of aryl methyl sites for hydroxylation is 1. The van der Waals surface area contributed by atoms with Crippen molar-refractivity contribution in [3.05, 3.63) is 47.8 Å². The van der Waals surface area contributed by atoms with Crippen molar-refractivity contribution in [2.24, 2.45) is 0 Å². The molecule has 26 heavy (non-hydrogen) atoms. The second kappa shape index (κ2) is 7.72. The standard InChI is InChI=1S/C20H25N3O3/c1-3-26-19(25)20(11-5-4-6-12-20)22-18(24)16-7-9-17(10-8-16)23-14-15(2)13-21-23/h7-10,13-14H,3-6,11-12H2,1-2H3,(H,22,24). The van der Waals surface area contributed by atoms with E-state index in [4.69, 9.17) is 4.74 Å². The van der Waals surface area contributed by atoms with Crippen molar-refractivity contribution in [1.29, 1.82) is 0 Å². The van der Waals surface area contributed by atoms with Gasteiger partial charge in [0.05, 0.1) is 18.5 Å². The molecule has 1 aliphatic carbocycles. The van der Waals surface area contributed by atoms with Crippen LogP contribution in [0.1, 0.15) is 54.9 Å². The van der Waals surface area contributed by atoms with E-state index in [2.05, 4.69) is 10.4 Å². The average Bonchev–Trinajstić information content (AvgIpc) is 3.09. The van der Waals surface area contributed by atoms with Crippen LogP contribution in [0.4, 0.5) is 0 Å². The van der Waals surface area contributed by atoms with E-state index in [0.29, 0.717) is 25.0 Å². The summed E-state index contributed by atoms with van der Waals surface area (Å²) in [5.74, 6) is -0.570. The number of amides is 1. The lowest BCUT2D eigenvalue weighted by Gasteiger charge is -2.35. The predicted molar refractivity (Wildman–Crippen MR) is 98.2 cm³/mol. The SMILES string of the molecule is CCOC(=O)C1(NC(=O)c2ccc(-n3cc(C)cn3)cc2)CCCCC1. The molecule has 6 nitrogen and oxygen atoms in total. The van der Waals surface area contributed by atoms with E-state index in [1.165, 1.54) is 0 Å². The van der Waals surface area contributed by atoms with Gasteiger partial charge in [-0.2, -0.15) is 5.10 Å². The minimum Gasteiger partial charge on any atom is -0.464 e. The van der Waals surface area contributed by atoms with Crippen LogP contribution in [0, 0.1) is 6.92 Å². The van der Waals surface area contributed by atoms with Gasteiger partial charge in [0.15, 0.2) is 0 Å². The van der Waals surface area contributed by atoms with E-state index < -0.39 is 5.54 Å². The van der Waals surface area contributed by atoms with Crippen molar-refractivity contribution in [3.8, 4) is 5.69 Å². The number of carbonyl (C=O) groups excluding carboxylic acids is 2. The summed E-state index contributed by atoms with van der Waals surface area (Å²) in [6.45, 7) is 4.07. The number of nitrogens with zero attached hydrogens (tertiary/aromatic N) is 2. The minimum atomic E-state index is -0.900. The Morgan fingerprint density at radius 2 is 1.88 bits per heavy atom. The quantitative estimate of drug-likeness (QED) is 0.836. The number of nitrogens with one attached hydrogen (secondary N) is 1. The molecule has 1 fully saturated rings. The number of hydrogen-bond acceptors (Lipinski definition) is 4. The molecule has 1 aromatic carbocycles. The van der Waals surface area contributed by atoms with Crippen molar-refractivity contribution < 1.29 is 14.3 Å². The summed E-state index contributed by atoms with van der Waals surface area (Å²) in [6.07, 6.45) is 7.87. The Kier molecular flexibility index (Phi) is 5.40. The third-order valence-corrected chi connectivity index (χ3v) is 4.83. The fourth-order valence-corrected chi connectivity index (χ4v) is 3.41. The van der Waals surface area contributed by atoms with Crippen LogP contribution in [0.5, 0.6) is 0 Å². The smallest absolute Gasteiger partial charge is 0.331 e. The summed E-state index contributed by atoms with van der Waals surface area (Å²) in [7, 11) is 0. The van der Waals surface area contributed by atoms with Gasteiger partial charge < -0.3 is 10.1 Å². The first-order valence-electron chi connectivity index (χ1n) is 9.15. The summed E-state index contributed by atoms with van der Waals surface area (Å²) in [4.78, 5) is 25.2. The monoisotopic (exact) mass is 355 g/mol. The lowest BCUT2D eigenvalue weighted by molar-refractivity contribution is -0.152. The van der Waals surface area contributed by atoms with Crippen molar-refractivity contribution in [2.45, 2.75) is 51.5 Å². The first-order valence-corrected chi connectivity index (χ1v) is 9.15. The molecule has 1 amide bonds. The number of hydrogen-bond donors (Lipinski definition) is 1. The van der Waals surface area contributed by atoms with Gasteiger partial charge in [-0.3, -0.25) is 4.79 Å². The van der Waals surface area contributed by atoms with Gasteiger partial charge in [0, 0.05) is 11.8 Å². The lowest BCUT2D eigenvalue weighted by Crippen LogP contribution is -2.56. The van der Waals surface area contributed by atoms with Crippen molar-refractivity contribution in [2.75, 3.05) is 6.61 Å². The van der Waals surface area contributed by atoms with Crippen LogP contribution >= 0.6 is 0 Å². The summed E-state index contributed by atoms with van der Waals surface area (Å²) < 4.78 is 7.00. The molecule has 6 heteroatoms. The molecule has 3 rings (SSSR count). The maximum Gasteiger partial charge on any atom is 0.331 e. The zero-order valence-corrected chi connectivity index (χ0v) is 15.3. The van der Waals surface area contributed by atoms with Crippen LogP contribution in [0.3, 0.4) is 0 Å². The summed E-state index contributed by atoms with van der Waals surface area (Å²) in [5, 5.41) is 7.22. The zero-order valence-electron chi connectivity index (χ0n) is 15.3. The van der Waals surface area contributed by atoms with Gasteiger partial charge in [0.25, 0.3) is 5.91 Å². The molecule has 1 aliphatic rings. The maximum absolute atomic E-state index is 12.7. The molecule has 1 heterocycles. The molecule has 2 aromatic rings. The Balaban J connectivity index is 1.76. The zero-order chi connectivity index (χ0) is 18.6. The Labute approximate surface area is 153 Å². The van der Waals surface area contributed by atoms with Gasteiger partial charge in [0.2, 0.25) is 0 Å². The molecule has 0 aliphatic heterocycles. The Morgan fingerprint density at radius 1 is 1.19 bits per heavy atom. The number of aromatic nitrogens is 2. The molecular formula is C20H25N3O3. The molecule has 0 bridgehead atoms. The fourth-order valence-electron chi connectivity index (χ4n) is 3.41. The third-order valence-electron chi connectivity index (χ3n) is 4.83. The molecule has 0 saturated heterocycles. The van der Waals surface area contributed by atoms with Crippen molar-refractivity contribution in [1.82, 2.24) is 15.1 Å². The molecule has 0 atom stereocenters. The van der Waals surface area contributed by atoms with Crippen molar-refractivity contribution >= 4 is 11.9 Å². The Morgan fingerprint density at radius 3 is 2.46 bits per heavy atom. The van der Waals surface area contributed by atoms with Gasteiger partial charge in [-0.25, -0.2) is 9.48 Å². The molecule has 0 unspecified atom stereocenters. The average molecular weight is 355 g/mol. The highest BCUT2D eigenvalue weighted by atomic mass is 16.5. The largest absolute Gasteiger partial charge is 0.464 e. The highest BCUT2D eigenvalue weighted by Gasteiger charge is 2.42. The van der Waals surface area contributed by atoms with Gasteiger partial charge in [0.1, 0.15) is 5.54 Å². The van der Waals surface area contributed by atoms with Gasteiger partial charge in [-0.1, -0.05) is 19.3 Å². The molecular weight excluding hydrogens is 330 g/mol. The first kappa shape index (κ1) is 18.2. The van der Waals surface area contributed by atoms with Gasteiger partial charge >= 0.3 is 5.97 Å². The normalized spacial score (nSPS) is 16.1. The van der Waals surface area contributed by atoms with E-state index >= 15 is 0 Å². The fraction of sp³-hybridized carbons (Fsp3) is 0.450. The number of ether oxygens (including phenoxy) is 1. The lowest BCUT2D eigenvalue weighted by atomic mass is 9.81. The van der Waals surface area contributed by atoms with Gasteiger partial charge in [-0.05, 0) is 56.5 Å². The minimum absolute atomic E-state index is 0.247. The second-order valence-electron chi connectivity index (χ2n) is 6.83. The topological polar surface area (TPSA) is 73.2 Å². The summed E-state index contributed by atoms with van der Waals surface area (Å²) >= 11 is 0. The first-order chi connectivity index (χ1) is 12.5. The number of rotatable bonds is 5. The Hall–Kier alpha value is -2.63. The molecule has 0 spiro atoms. The molecule has 138 valence electrons. The van der Waals surface area contributed by atoms with Crippen LogP contribution in [-0.2, 0) is 9.53 Å². The molecule has 1 aromatic heterocycles. The van der Waals surface area contributed by atoms with Crippen LogP contribution in [-0.4, -0.2) is 33.8 Å². The van der Waals surface area contributed by atoms with E-state index in [0.717, 1.165) is 30.5 Å². The van der Waals surface area contributed by atoms with Crippen LogP contribution in [0.25, 0.3) is 5.69 Å². The number of benzene rings is 1. The predicted octanol–water partition coefficient (Wildman–Crippen LogP) is 3.18. The van der Waals surface area contributed by atoms with E-state index in [1.807, 2.05) is 25.3 Å². The molecule has 1 N–H and O–H groups in total. The van der Waals surface area contributed by atoms with Crippen LogP contribution in [0.2, 0.25) is 0 Å². The van der Waals surface area contributed by atoms with Crippen molar-refractivity contribution in [3.63, 3.8) is 0 Å². The van der Waals surface area contributed by atoms with Crippen LogP contribution < -0.4 is 5.32 Å². The maximum atomic E-state index is 12.7. The molecule has 0 radical (unpaired) electrons. The number of esters is 1. The number of carbonyl (C=O) groups is 2. The Bertz CT molecular complexity index is 774. The highest BCUT2D eigenvalue weighted by molar-refractivity contribution is 5.98. The highest BCUT2D eigenvalue weighted by Crippen LogP contribution is 2.30. The van der Waals surface area contributed by atoms with Crippen LogP contribution in [0.15, 0.2) is 36.7 Å². The van der Waals surface area contributed by atoms with Gasteiger partial charge in [-0.15, -0.1) is 0 Å². The van der Waals surface area contributed by atoms with E-state index in [9.17, 15) is 9.59 Å².